The number of halogens is 1. The first-order valence-electron chi connectivity index (χ1n) is 11.0. The maximum Gasteiger partial charge on any atom is 0.293 e. The van der Waals surface area contributed by atoms with Crippen molar-refractivity contribution in [3.8, 4) is 5.82 Å². The molecule has 2 aromatic heterocycles. The van der Waals surface area contributed by atoms with Crippen molar-refractivity contribution in [3.63, 3.8) is 0 Å². The summed E-state index contributed by atoms with van der Waals surface area (Å²) in [5, 5.41) is 20.0. The lowest BCUT2D eigenvalue weighted by atomic mass is 10.0. The van der Waals surface area contributed by atoms with Gasteiger partial charge in [0.25, 0.3) is 5.91 Å². The van der Waals surface area contributed by atoms with Crippen LogP contribution in [-0.2, 0) is 13.0 Å². The molecule has 5 rings (SSSR count). The van der Waals surface area contributed by atoms with Crippen LogP contribution in [0.15, 0.2) is 62.7 Å². The Hall–Kier alpha value is -4.06. The van der Waals surface area contributed by atoms with Crippen LogP contribution in [0, 0.1) is 0 Å². The van der Waals surface area contributed by atoms with Crippen LogP contribution in [0.5, 0.6) is 0 Å². The fraction of sp³-hybridized carbons (Fsp3) is 0.217. The van der Waals surface area contributed by atoms with Crippen LogP contribution in [0.2, 0.25) is 0 Å². The first kappa shape index (κ1) is 22.7. The Labute approximate surface area is 209 Å². The fourth-order valence-electron chi connectivity index (χ4n) is 4.05. The molecule has 0 radical (unpaired) electrons. The zero-order valence-electron chi connectivity index (χ0n) is 18.8. The number of hydrogen-bond acceptors (Lipinski definition) is 9. The van der Waals surface area contributed by atoms with Gasteiger partial charge in [0.15, 0.2) is 5.69 Å². The third kappa shape index (κ3) is 4.64. The third-order valence-electron chi connectivity index (χ3n) is 5.79. The van der Waals surface area contributed by atoms with E-state index < -0.39 is 5.91 Å². The van der Waals surface area contributed by atoms with Crippen molar-refractivity contribution in [2.24, 2.45) is 5.10 Å². The highest BCUT2D eigenvalue weighted by Gasteiger charge is 2.27. The van der Waals surface area contributed by atoms with Gasteiger partial charge in [0.1, 0.15) is 0 Å². The van der Waals surface area contributed by atoms with E-state index in [0.717, 1.165) is 35.1 Å². The number of carbonyl (C=O) groups excluding carboxylic acids is 1. The largest absolute Gasteiger partial charge is 0.378 e. The quantitative estimate of drug-likeness (QED) is 0.283. The van der Waals surface area contributed by atoms with E-state index in [-0.39, 0.29) is 17.3 Å². The number of carbonyl (C=O) groups is 1. The molecule has 0 fully saturated rings. The van der Waals surface area contributed by atoms with Gasteiger partial charge >= 0.3 is 0 Å². The molecule has 1 aliphatic heterocycles. The van der Waals surface area contributed by atoms with E-state index in [2.05, 4.69) is 64.1 Å². The first-order chi connectivity index (χ1) is 17.0. The van der Waals surface area contributed by atoms with Crippen LogP contribution >= 0.6 is 15.9 Å². The summed E-state index contributed by atoms with van der Waals surface area (Å²) >= 11 is 3.45. The second-order valence-corrected chi connectivity index (χ2v) is 8.99. The lowest BCUT2D eigenvalue weighted by Crippen LogP contribution is -2.31. The number of nitrogen functional groups attached to an aromatic ring is 1. The van der Waals surface area contributed by atoms with Crippen LogP contribution in [0.3, 0.4) is 0 Å². The normalized spacial score (nSPS) is 13.5. The maximum atomic E-state index is 13.2. The van der Waals surface area contributed by atoms with Gasteiger partial charge in [0.05, 0.1) is 18.0 Å². The first-order valence-corrected chi connectivity index (χ1v) is 11.8. The summed E-state index contributed by atoms with van der Waals surface area (Å²) in [7, 11) is 0. The molecule has 1 amide bonds. The lowest BCUT2D eigenvalue weighted by molar-refractivity contribution is 0.0948. The highest BCUT2D eigenvalue weighted by Crippen LogP contribution is 2.29. The number of fused-ring (bicyclic) bond motifs is 1. The minimum Gasteiger partial charge on any atom is -0.378 e. The molecule has 0 spiro atoms. The molecule has 0 unspecified atom stereocenters. The highest BCUT2D eigenvalue weighted by atomic mass is 79.9. The minimum absolute atomic E-state index is 0.0469. The number of para-hydroxylation sites is 1. The number of hydrogen-bond donors (Lipinski definition) is 2. The molecule has 3 N–H and O–H groups in total. The molecule has 0 saturated heterocycles. The van der Waals surface area contributed by atoms with E-state index >= 15 is 0 Å². The van der Waals surface area contributed by atoms with E-state index in [1.165, 1.54) is 10.2 Å². The second kappa shape index (κ2) is 9.66. The summed E-state index contributed by atoms with van der Waals surface area (Å²) in [6.45, 7) is 2.98. The number of nitrogens with one attached hydrogen (secondary N) is 1. The molecule has 4 aromatic rings. The van der Waals surface area contributed by atoms with Gasteiger partial charge in [-0.1, -0.05) is 51.5 Å². The number of aryl methyl sites for hydroxylation is 1. The van der Waals surface area contributed by atoms with Gasteiger partial charge in [-0.3, -0.25) is 4.79 Å². The molecule has 0 atom stereocenters. The molecule has 0 saturated carbocycles. The molecule has 35 heavy (non-hydrogen) atoms. The Morgan fingerprint density at radius 1 is 1.23 bits per heavy atom. The minimum atomic E-state index is -0.499. The van der Waals surface area contributed by atoms with Crippen molar-refractivity contribution in [1.82, 2.24) is 30.7 Å². The van der Waals surface area contributed by atoms with E-state index in [0.29, 0.717) is 18.0 Å². The Morgan fingerprint density at radius 3 is 2.89 bits per heavy atom. The molecule has 3 heterocycles. The fourth-order valence-corrected chi connectivity index (χ4v) is 4.45. The summed E-state index contributed by atoms with van der Waals surface area (Å²) in [6, 6.07) is 15.9. The Morgan fingerprint density at radius 2 is 2.09 bits per heavy atom. The molecule has 178 valence electrons. The van der Waals surface area contributed by atoms with E-state index in [4.69, 9.17) is 10.4 Å². The standard InChI is InChI=1S/C23H22BrN9O2/c1-14(16-7-4-9-17(24)12-16)26-28-23(34)20-19(33(31-27-20)22-21(25)29-35-30-22)13-32-11-5-8-15-6-2-3-10-18(15)32/h2-4,6-7,9-10,12H,5,8,11,13H2,1H3,(H2,25,29)(H,28,34)/b26-14+. The molecule has 1 aliphatic rings. The van der Waals surface area contributed by atoms with Crippen LogP contribution in [0.1, 0.15) is 40.7 Å². The van der Waals surface area contributed by atoms with Gasteiger partial charge in [-0.25, -0.2) is 10.1 Å². The van der Waals surface area contributed by atoms with Gasteiger partial charge in [-0.05, 0) is 59.4 Å². The lowest BCUT2D eigenvalue weighted by Gasteiger charge is -2.31. The average Bonchev–Trinajstić information content (AvgIpc) is 3.48. The summed E-state index contributed by atoms with van der Waals surface area (Å²) in [4.78, 5) is 15.4. The maximum absolute atomic E-state index is 13.2. The van der Waals surface area contributed by atoms with E-state index in [1.807, 2.05) is 43.3 Å². The zero-order valence-corrected chi connectivity index (χ0v) is 20.4. The van der Waals surface area contributed by atoms with Crippen LogP contribution < -0.4 is 16.1 Å². The topological polar surface area (TPSA) is 140 Å². The summed E-state index contributed by atoms with van der Waals surface area (Å²) in [6.07, 6.45) is 1.99. The van der Waals surface area contributed by atoms with Gasteiger partial charge in [0, 0.05) is 16.7 Å². The Bertz CT molecular complexity index is 1410. The number of rotatable bonds is 6. The number of amides is 1. The molecular weight excluding hydrogens is 514 g/mol. The van der Waals surface area contributed by atoms with Crippen LogP contribution in [-0.4, -0.2) is 43.5 Å². The van der Waals surface area contributed by atoms with Gasteiger partial charge in [-0.2, -0.15) is 9.78 Å². The van der Waals surface area contributed by atoms with Crippen molar-refractivity contribution >= 4 is 39.1 Å². The summed E-state index contributed by atoms with van der Waals surface area (Å²) < 4.78 is 7.06. The summed E-state index contributed by atoms with van der Waals surface area (Å²) in [5.74, 6) is -0.280. The molecular formula is C23H22BrN9O2. The van der Waals surface area contributed by atoms with Gasteiger partial charge < -0.3 is 10.6 Å². The summed E-state index contributed by atoms with van der Waals surface area (Å²) in [5.41, 5.74) is 13.0. The van der Waals surface area contributed by atoms with Crippen molar-refractivity contribution in [2.75, 3.05) is 17.2 Å². The average molecular weight is 536 g/mol. The zero-order chi connectivity index (χ0) is 24.4. The van der Waals surface area contributed by atoms with E-state index in [1.54, 1.807) is 0 Å². The highest BCUT2D eigenvalue weighted by molar-refractivity contribution is 9.10. The smallest absolute Gasteiger partial charge is 0.293 e. The number of anilines is 2. The third-order valence-corrected chi connectivity index (χ3v) is 6.28. The van der Waals surface area contributed by atoms with E-state index in [9.17, 15) is 4.79 Å². The molecule has 11 nitrogen and oxygen atoms in total. The van der Waals surface area contributed by atoms with Crippen molar-refractivity contribution in [1.29, 1.82) is 0 Å². The number of hydrazone groups is 1. The monoisotopic (exact) mass is 535 g/mol. The molecule has 2 aromatic carbocycles. The number of nitrogens with zero attached hydrogens (tertiary/aromatic N) is 7. The predicted octanol–water partition coefficient (Wildman–Crippen LogP) is 3.10. The van der Waals surface area contributed by atoms with Gasteiger partial charge in [0.2, 0.25) is 11.6 Å². The molecule has 0 aliphatic carbocycles. The van der Waals surface area contributed by atoms with Crippen LogP contribution in [0.4, 0.5) is 11.5 Å². The van der Waals surface area contributed by atoms with Gasteiger partial charge in [-0.15, -0.1) is 5.10 Å². The van der Waals surface area contributed by atoms with Crippen molar-refractivity contribution < 1.29 is 9.42 Å². The van der Waals surface area contributed by atoms with Crippen molar-refractivity contribution in [3.05, 3.63) is 75.5 Å². The van der Waals surface area contributed by atoms with Crippen molar-refractivity contribution in [2.45, 2.75) is 26.3 Å². The SMILES string of the molecule is C/C(=N\NC(=O)c1nnn(-c2nonc2N)c1CN1CCCc2ccccc21)c1cccc(Br)c1. The number of benzene rings is 2. The Balaban J connectivity index is 1.47. The second-order valence-electron chi connectivity index (χ2n) is 8.07. The molecule has 12 heteroatoms. The van der Waals surface area contributed by atoms with Crippen LogP contribution in [0.25, 0.3) is 5.82 Å². The number of nitrogens with two attached hydrogens (primary N) is 1. The predicted molar refractivity (Wildman–Crippen MR) is 133 cm³/mol. The molecule has 0 bridgehead atoms. The number of aromatic nitrogens is 5. The Kier molecular flexibility index (Phi) is 6.27.